The van der Waals surface area contributed by atoms with Crippen molar-refractivity contribution in [1.29, 1.82) is 0 Å². The number of nitrogens with zero attached hydrogens (tertiary/aromatic N) is 2. The summed E-state index contributed by atoms with van der Waals surface area (Å²) in [4.78, 5) is 0. The standard InChI is InChI=1S/C16H28BrN3/c1-4-9-18-14(10-13-7-6-8-13)11-15-16(17)12(3)19-20(15)5-2/h13-14,18H,4-11H2,1-3H3. The number of aromatic nitrogens is 2. The van der Waals surface area contributed by atoms with Crippen LogP contribution in [0.3, 0.4) is 0 Å². The van der Waals surface area contributed by atoms with E-state index in [-0.39, 0.29) is 0 Å². The fourth-order valence-corrected chi connectivity index (χ4v) is 3.46. The Morgan fingerprint density at radius 1 is 1.40 bits per heavy atom. The number of nitrogens with one attached hydrogen (secondary N) is 1. The van der Waals surface area contributed by atoms with Gasteiger partial charge in [0.2, 0.25) is 0 Å². The minimum Gasteiger partial charge on any atom is -0.314 e. The highest BCUT2D eigenvalue weighted by molar-refractivity contribution is 9.10. The van der Waals surface area contributed by atoms with Crippen LogP contribution in [0.25, 0.3) is 0 Å². The van der Waals surface area contributed by atoms with E-state index in [1.807, 2.05) is 0 Å². The van der Waals surface area contributed by atoms with Crippen LogP contribution in [-0.4, -0.2) is 22.4 Å². The summed E-state index contributed by atoms with van der Waals surface area (Å²) < 4.78 is 3.36. The first kappa shape index (κ1) is 16.0. The Hall–Kier alpha value is -0.350. The van der Waals surface area contributed by atoms with Gasteiger partial charge in [-0.05, 0) is 55.1 Å². The summed E-state index contributed by atoms with van der Waals surface area (Å²) in [5.74, 6) is 0.947. The molecule has 1 aliphatic rings. The summed E-state index contributed by atoms with van der Waals surface area (Å²) in [6.45, 7) is 8.56. The molecule has 0 radical (unpaired) electrons. The van der Waals surface area contributed by atoms with Crippen LogP contribution in [0, 0.1) is 12.8 Å². The molecule has 1 unspecified atom stereocenters. The molecule has 0 spiro atoms. The second kappa shape index (κ2) is 7.60. The van der Waals surface area contributed by atoms with Gasteiger partial charge in [0.25, 0.3) is 0 Å². The Bertz CT molecular complexity index is 424. The Kier molecular flexibility index (Phi) is 6.09. The normalized spacial score (nSPS) is 17.2. The van der Waals surface area contributed by atoms with Gasteiger partial charge in [-0.2, -0.15) is 5.10 Å². The van der Waals surface area contributed by atoms with Crippen molar-refractivity contribution in [3.8, 4) is 0 Å². The first-order valence-corrected chi connectivity index (χ1v) is 8.90. The third kappa shape index (κ3) is 3.85. The summed E-state index contributed by atoms with van der Waals surface area (Å²) >= 11 is 3.72. The first-order chi connectivity index (χ1) is 9.65. The van der Waals surface area contributed by atoms with E-state index in [0.717, 1.165) is 31.1 Å². The maximum absolute atomic E-state index is 4.62. The highest BCUT2D eigenvalue weighted by Crippen LogP contribution is 2.32. The quantitative estimate of drug-likeness (QED) is 0.772. The smallest absolute Gasteiger partial charge is 0.0738 e. The zero-order valence-corrected chi connectivity index (χ0v) is 14.7. The lowest BCUT2D eigenvalue weighted by Gasteiger charge is -2.30. The van der Waals surface area contributed by atoms with Gasteiger partial charge in [-0.25, -0.2) is 0 Å². The van der Waals surface area contributed by atoms with E-state index < -0.39 is 0 Å². The van der Waals surface area contributed by atoms with Crippen LogP contribution < -0.4 is 5.32 Å². The molecule has 1 N–H and O–H groups in total. The van der Waals surface area contributed by atoms with Crippen molar-refractivity contribution in [1.82, 2.24) is 15.1 Å². The molecule has 0 amide bonds. The van der Waals surface area contributed by atoms with E-state index >= 15 is 0 Å². The van der Waals surface area contributed by atoms with E-state index in [0.29, 0.717) is 6.04 Å². The van der Waals surface area contributed by atoms with Crippen molar-refractivity contribution in [2.75, 3.05) is 6.54 Å². The van der Waals surface area contributed by atoms with Crippen LogP contribution in [-0.2, 0) is 13.0 Å². The number of hydrogen-bond donors (Lipinski definition) is 1. The van der Waals surface area contributed by atoms with E-state index in [1.54, 1.807) is 0 Å². The van der Waals surface area contributed by atoms with Gasteiger partial charge in [0.1, 0.15) is 0 Å². The van der Waals surface area contributed by atoms with Crippen molar-refractivity contribution in [2.24, 2.45) is 5.92 Å². The molecule has 1 aromatic rings. The van der Waals surface area contributed by atoms with Crippen LogP contribution in [0.15, 0.2) is 4.47 Å². The SMILES string of the molecule is CCCNC(Cc1c(Br)c(C)nn1CC)CC1CCC1. The molecular formula is C16H28BrN3. The van der Waals surface area contributed by atoms with Crippen LogP contribution in [0.5, 0.6) is 0 Å². The molecule has 0 aromatic carbocycles. The van der Waals surface area contributed by atoms with Gasteiger partial charge in [-0.15, -0.1) is 0 Å². The fourth-order valence-electron chi connectivity index (χ4n) is 3.02. The zero-order chi connectivity index (χ0) is 14.5. The monoisotopic (exact) mass is 341 g/mol. The van der Waals surface area contributed by atoms with Gasteiger partial charge in [0.15, 0.2) is 0 Å². The number of hydrogen-bond acceptors (Lipinski definition) is 2. The van der Waals surface area contributed by atoms with Gasteiger partial charge in [0.05, 0.1) is 15.9 Å². The predicted molar refractivity (Wildman–Crippen MR) is 88.1 cm³/mol. The lowest BCUT2D eigenvalue weighted by atomic mass is 9.80. The zero-order valence-electron chi connectivity index (χ0n) is 13.1. The summed E-state index contributed by atoms with van der Waals surface area (Å²) in [6, 6.07) is 0.595. The Morgan fingerprint density at radius 2 is 2.15 bits per heavy atom. The maximum Gasteiger partial charge on any atom is 0.0738 e. The predicted octanol–water partition coefficient (Wildman–Crippen LogP) is 4.07. The van der Waals surface area contributed by atoms with Gasteiger partial charge in [-0.3, -0.25) is 4.68 Å². The summed E-state index contributed by atoms with van der Waals surface area (Å²) in [6.07, 6.45) is 7.90. The third-order valence-electron chi connectivity index (χ3n) is 4.42. The van der Waals surface area contributed by atoms with Crippen molar-refractivity contribution in [3.63, 3.8) is 0 Å². The van der Waals surface area contributed by atoms with Crippen molar-refractivity contribution in [3.05, 3.63) is 15.9 Å². The molecule has 2 rings (SSSR count). The molecule has 1 atom stereocenters. The molecule has 20 heavy (non-hydrogen) atoms. The molecule has 3 nitrogen and oxygen atoms in total. The largest absolute Gasteiger partial charge is 0.314 e. The third-order valence-corrected chi connectivity index (χ3v) is 5.45. The highest BCUT2D eigenvalue weighted by Gasteiger charge is 2.24. The van der Waals surface area contributed by atoms with Crippen LogP contribution in [0.1, 0.15) is 57.3 Å². The van der Waals surface area contributed by atoms with Crippen LogP contribution in [0.2, 0.25) is 0 Å². The highest BCUT2D eigenvalue weighted by atomic mass is 79.9. The van der Waals surface area contributed by atoms with Gasteiger partial charge in [0, 0.05) is 19.0 Å². The second-order valence-corrected chi connectivity index (χ2v) is 6.84. The average molecular weight is 342 g/mol. The van der Waals surface area contributed by atoms with E-state index in [4.69, 9.17) is 0 Å². The molecule has 1 aromatic heterocycles. The summed E-state index contributed by atoms with van der Waals surface area (Å²) in [5, 5.41) is 8.36. The molecule has 1 saturated carbocycles. The number of aryl methyl sites for hydroxylation is 2. The lowest BCUT2D eigenvalue weighted by molar-refractivity contribution is 0.257. The van der Waals surface area contributed by atoms with E-state index in [9.17, 15) is 0 Å². The van der Waals surface area contributed by atoms with Crippen LogP contribution >= 0.6 is 15.9 Å². The Morgan fingerprint density at radius 3 is 2.70 bits per heavy atom. The first-order valence-electron chi connectivity index (χ1n) is 8.10. The van der Waals surface area contributed by atoms with Gasteiger partial charge >= 0.3 is 0 Å². The molecule has 4 heteroatoms. The lowest BCUT2D eigenvalue weighted by Crippen LogP contribution is -2.35. The fraction of sp³-hybridized carbons (Fsp3) is 0.812. The molecule has 1 fully saturated rings. The molecule has 0 bridgehead atoms. The molecule has 1 heterocycles. The number of rotatable bonds is 8. The van der Waals surface area contributed by atoms with Crippen molar-refractivity contribution >= 4 is 15.9 Å². The van der Waals surface area contributed by atoms with Crippen molar-refractivity contribution < 1.29 is 0 Å². The average Bonchev–Trinajstić information content (AvgIpc) is 2.67. The topological polar surface area (TPSA) is 29.9 Å². The summed E-state index contributed by atoms with van der Waals surface area (Å²) in [5.41, 5.74) is 2.47. The number of halogens is 1. The minimum atomic E-state index is 0.595. The molecule has 0 saturated heterocycles. The van der Waals surface area contributed by atoms with Gasteiger partial charge < -0.3 is 5.32 Å². The maximum atomic E-state index is 4.62. The van der Waals surface area contributed by atoms with E-state index in [1.165, 1.54) is 42.3 Å². The van der Waals surface area contributed by atoms with Crippen LogP contribution in [0.4, 0.5) is 0 Å². The summed E-state index contributed by atoms with van der Waals surface area (Å²) in [7, 11) is 0. The second-order valence-electron chi connectivity index (χ2n) is 6.05. The molecule has 0 aliphatic heterocycles. The van der Waals surface area contributed by atoms with Gasteiger partial charge in [-0.1, -0.05) is 26.2 Å². The van der Waals surface area contributed by atoms with Crippen molar-refractivity contribution in [2.45, 2.75) is 71.9 Å². The van der Waals surface area contributed by atoms with E-state index in [2.05, 4.69) is 51.8 Å². The molecule has 114 valence electrons. The molecular weight excluding hydrogens is 314 g/mol. The Balaban J connectivity index is 2.05. The Labute approximate surface area is 131 Å². The molecule has 1 aliphatic carbocycles. The minimum absolute atomic E-state index is 0.595.